The maximum atomic E-state index is 11.5. The molecule has 1 aromatic carbocycles. The molecule has 0 aliphatic carbocycles. The molecule has 1 atom stereocenters. The first-order chi connectivity index (χ1) is 9.34. The van der Waals surface area contributed by atoms with Crippen molar-refractivity contribution in [3.05, 3.63) is 29.3 Å². The van der Waals surface area contributed by atoms with Crippen LogP contribution in [0.15, 0.2) is 18.2 Å². The van der Waals surface area contributed by atoms with E-state index in [0.29, 0.717) is 0 Å². The van der Waals surface area contributed by atoms with Crippen LogP contribution in [-0.4, -0.2) is 41.5 Å². The number of aliphatic hydroxyl groups is 2. The predicted octanol–water partition coefficient (Wildman–Crippen LogP) is 0.932. The summed E-state index contributed by atoms with van der Waals surface area (Å²) < 4.78 is 5.50. The molecule has 0 spiro atoms. The van der Waals surface area contributed by atoms with Gasteiger partial charge in [0.2, 0.25) is 5.91 Å². The van der Waals surface area contributed by atoms with Gasteiger partial charge >= 0.3 is 0 Å². The van der Waals surface area contributed by atoms with E-state index in [4.69, 9.17) is 9.84 Å². The number of rotatable bonds is 7. The molecule has 1 amide bonds. The Bertz CT molecular complexity index is 457. The molecule has 0 aliphatic heterocycles. The van der Waals surface area contributed by atoms with Crippen LogP contribution in [0.25, 0.3) is 0 Å². The van der Waals surface area contributed by atoms with Gasteiger partial charge in [-0.3, -0.25) is 4.79 Å². The third-order valence-corrected chi connectivity index (χ3v) is 3.08. The van der Waals surface area contributed by atoms with Crippen molar-refractivity contribution in [2.75, 3.05) is 19.8 Å². The van der Waals surface area contributed by atoms with Crippen LogP contribution >= 0.6 is 0 Å². The number of aryl methyl sites for hydroxylation is 2. The van der Waals surface area contributed by atoms with E-state index < -0.39 is 12.2 Å². The summed E-state index contributed by atoms with van der Waals surface area (Å²) in [5.41, 5.74) is 1.05. The van der Waals surface area contributed by atoms with Crippen LogP contribution < -0.4 is 10.1 Å². The average molecular weight is 281 g/mol. The molecule has 1 rings (SSSR count). The molecule has 5 heteroatoms. The van der Waals surface area contributed by atoms with Crippen LogP contribution in [0.2, 0.25) is 0 Å². The van der Waals surface area contributed by atoms with Gasteiger partial charge in [0.1, 0.15) is 11.4 Å². The summed E-state index contributed by atoms with van der Waals surface area (Å²) >= 11 is 0. The topological polar surface area (TPSA) is 78.8 Å². The first kappa shape index (κ1) is 16.5. The van der Waals surface area contributed by atoms with Crippen molar-refractivity contribution < 1.29 is 19.7 Å². The fourth-order valence-electron chi connectivity index (χ4n) is 1.50. The normalized spacial score (nSPS) is 13.7. The van der Waals surface area contributed by atoms with E-state index in [9.17, 15) is 9.90 Å². The second kappa shape index (κ2) is 7.26. The summed E-state index contributed by atoms with van der Waals surface area (Å²) in [5, 5.41) is 20.9. The number of aliphatic hydroxyl groups excluding tert-OH is 1. The monoisotopic (exact) mass is 281 g/mol. The van der Waals surface area contributed by atoms with E-state index in [-0.39, 0.29) is 25.5 Å². The summed E-state index contributed by atoms with van der Waals surface area (Å²) in [6, 6.07) is 5.78. The lowest BCUT2D eigenvalue weighted by molar-refractivity contribution is -0.123. The maximum Gasteiger partial charge on any atom is 0.223 e. The lowest BCUT2D eigenvalue weighted by Gasteiger charge is -2.20. The lowest BCUT2D eigenvalue weighted by Crippen LogP contribution is -2.43. The summed E-state index contributed by atoms with van der Waals surface area (Å²) in [7, 11) is 0. The molecule has 0 saturated heterocycles. The fraction of sp³-hybridized carbons (Fsp3) is 0.533. The van der Waals surface area contributed by atoms with Gasteiger partial charge in [-0.25, -0.2) is 0 Å². The van der Waals surface area contributed by atoms with Crippen LogP contribution in [-0.2, 0) is 4.79 Å². The number of amides is 1. The van der Waals surface area contributed by atoms with Gasteiger partial charge in [0.05, 0.1) is 19.6 Å². The Morgan fingerprint density at radius 1 is 1.35 bits per heavy atom. The number of ether oxygens (including phenoxy) is 1. The molecule has 0 heterocycles. The van der Waals surface area contributed by atoms with Gasteiger partial charge in [0, 0.05) is 6.54 Å². The van der Waals surface area contributed by atoms with Gasteiger partial charge < -0.3 is 20.3 Å². The first-order valence-corrected chi connectivity index (χ1v) is 6.64. The van der Waals surface area contributed by atoms with Crippen LogP contribution in [0.5, 0.6) is 5.75 Å². The molecule has 0 fully saturated rings. The van der Waals surface area contributed by atoms with E-state index in [1.54, 1.807) is 0 Å². The smallest absolute Gasteiger partial charge is 0.223 e. The Labute approximate surface area is 119 Å². The minimum absolute atomic E-state index is 0.0198. The van der Waals surface area contributed by atoms with Gasteiger partial charge in [-0.2, -0.15) is 0 Å². The largest absolute Gasteiger partial charge is 0.493 e. The van der Waals surface area contributed by atoms with Gasteiger partial charge in [-0.1, -0.05) is 6.07 Å². The van der Waals surface area contributed by atoms with Gasteiger partial charge in [0.15, 0.2) is 0 Å². The quantitative estimate of drug-likeness (QED) is 0.695. The van der Waals surface area contributed by atoms with E-state index in [1.807, 2.05) is 32.0 Å². The van der Waals surface area contributed by atoms with E-state index in [0.717, 1.165) is 11.3 Å². The molecule has 1 unspecified atom stereocenters. The summed E-state index contributed by atoms with van der Waals surface area (Å²) in [5.74, 6) is 0.519. The van der Waals surface area contributed by atoms with Gasteiger partial charge in [-0.05, 0) is 44.0 Å². The average Bonchev–Trinajstić information content (AvgIpc) is 2.41. The van der Waals surface area contributed by atoms with E-state index in [2.05, 4.69) is 5.32 Å². The summed E-state index contributed by atoms with van der Waals surface area (Å²) in [6.45, 7) is 5.39. The highest BCUT2D eigenvalue weighted by atomic mass is 16.5. The molecule has 0 aliphatic rings. The van der Waals surface area contributed by atoms with Crippen LogP contribution in [0.4, 0.5) is 0 Å². The summed E-state index contributed by atoms with van der Waals surface area (Å²) in [6.07, 6.45) is 0.203. The number of benzene rings is 1. The standard InChI is InChI=1S/C15H23NO4/c1-11-4-5-13(8-12(11)2)20-7-6-14(18)16-9-15(3,19)10-17/h4-5,8,17,19H,6-7,9-10H2,1-3H3,(H,16,18). The molecule has 0 radical (unpaired) electrons. The number of nitrogens with one attached hydrogen (secondary N) is 1. The van der Waals surface area contributed by atoms with Crippen molar-refractivity contribution in [1.82, 2.24) is 5.32 Å². The number of hydrogen-bond acceptors (Lipinski definition) is 4. The van der Waals surface area contributed by atoms with Gasteiger partial charge in [0.25, 0.3) is 0 Å². The third-order valence-electron chi connectivity index (χ3n) is 3.08. The molecule has 0 saturated carbocycles. The molecular formula is C15H23NO4. The van der Waals surface area contributed by atoms with E-state index >= 15 is 0 Å². The fourth-order valence-corrected chi connectivity index (χ4v) is 1.50. The maximum absolute atomic E-state index is 11.5. The minimum atomic E-state index is -1.29. The van der Waals surface area contributed by atoms with Crippen molar-refractivity contribution in [3.8, 4) is 5.75 Å². The molecule has 1 aromatic rings. The van der Waals surface area contributed by atoms with Crippen molar-refractivity contribution in [2.45, 2.75) is 32.8 Å². The first-order valence-electron chi connectivity index (χ1n) is 6.64. The van der Waals surface area contributed by atoms with Crippen LogP contribution in [0.1, 0.15) is 24.5 Å². The lowest BCUT2D eigenvalue weighted by atomic mass is 10.1. The number of carbonyl (C=O) groups is 1. The van der Waals surface area contributed by atoms with Gasteiger partial charge in [-0.15, -0.1) is 0 Å². The number of hydrogen-bond donors (Lipinski definition) is 3. The zero-order valence-corrected chi connectivity index (χ0v) is 12.3. The summed E-state index contributed by atoms with van der Waals surface area (Å²) in [4.78, 5) is 11.5. The molecule has 3 N–H and O–H groups in total. The molecule has 0 bridgehead atoms. The predicted molar refractivity (Wildman–Crippen MR) is 76.7 cm³/mol. The molecule has 5 nitrogen and oxygen atoms in total. The number of carbonyl (C=O) groups excluding carboxylic acids is 1. The SMILES string of the molecule is Cc1ccc(OCCC(=O)NCC(C)(O)CO)cc1C. The van der Waals surface area contributed by atoms with E-state index in [1.165, 1.54) is 12.5 Å². The van der Waals surface area contributed by atoms with Crippen molar-refractivity contribution in [1.29, 1.82) is 0 Å². The Morgan fingerprint density at radius 3 is 2.65 bits per heavy atom. The van der Waals surface area contributed by atoms with Crippen molar-refractivity contribution >= 4 is 5.91 Å². The highest BCUT2D eigenvalue weighted by Crippen LogP contribution is 2.16. The molecule has 20 heavy (non-hydrogen) atoms. The zero-order chi connectivity index (χ0) is 15.2. The van der Waals surface area contributed by atoms with Crippen LogP contribution in [0.3, 0.4) is 0 Å². The Balaban J connectivity index is 2.30. The molecule has 112 valence electrons. The second-order valence-corrected chi connectivity index (χ2v) is 5.28. The Kier molecular flexibility index (Phi) is 5.98. The van der Waals surface area contributed by atoms with Crippen molar-refractivity contribution in [3.63, 3.8) is 0 Å². The minimum Gasteiger partial charge on any atom is -0.493 e. The van der Waals surface area contributed by atoms with Crippen molar-refractivity contribution in [2.24, 2.45) is 0 Å². The second-order valence-electron chi connectivity index (χ2n) is 5.28. The van der Waals surface area contributed by atoms with Crippen LogP contribution in [0, 0.1) is 13.8 Å². The third kappa shape index (κ3) is 5.59. The molecule has 0 aromatic heterocycles. The highest BCUT2D eigenvalue weighted by Gasteiger charge is 2.19. The highest BCUT2D eigenvalue weighted by molar-refractivity contribution is 5.76. The molecular weight excluding hydrogens is 258 g/mol. The zero-order valence-electron chi connectivity index (χ0n) is 12.3. The Hall–Kier alpha value is -1.59. The Morgan fingerprint density at radius 2 is 2.05 bits per heavy atom.